The number of methoxy groups -OCH3 is 3. The molecule has 3 aliphatic heterocycles. The molecule has 3 heterocycles. The fraction of sp³-hybridized carbons (Fsp3) is 0.656. The number of fused-ring (bicyclic) bond motifs is 1. The van der Waals surface area contributed by atoms with Crippen molar-refractivity contribution in [3.8, 4) is 11.5 Å². The van der Waals surface area contributed by atoms with E-state index in [0.29, 0.717) is 43.3 Å². The molecule has 5 rings (SSSR count). The number of nitrogens with zero attached hydrogens (tertiary/aromatic N) is 2. The van der Waals surface area contributed by atoms with E-state index in [4.69, 9.17) is 18.9 Å². The number of esters is 1. The summed E-state index contributed by atoms with van der Waals surface area (Å²) in [6.45, 7) is 5.91. The number of thioether (sulfide) groups is 1. The van der Waals surface area contributed by atoms with Crippen LogP contribution in [-0.2, 0) is 30.3 Å². The molecule has 0 unspecified atom stereocenters. The first-order valence-electron chi connectivity index (χ1n) is 15.1. The molecule has 10 heteroatoms. The van der Waals surface area contributed by atoms with Gasteiger partial charge in [0.2, 0.25) is 11.8 Å². The third-order valence-corrected chi connectivity index (χ3v) is 10.1. The molecule has 0 N–H and O–H groups in total. The van der Waals surface area contributed by atoms with E-state index < -0.39 is 17.4 Å². The Labute approximate surface area is 253 Å². The van der Waals surface area contributed by atoms with E-state index in [1.165, 1.54) is 7.11 Å². The largest absolute Gasteiger partial charge is 0.493 e. The normalized spacial score (nSPS) is 27.8. The number of carbonyl (C=O) groups excluding carboxylic acids is 3. The van der Waals surface area contributed by atoms with Gasteiger partial charge in [0, 0.05) is 49.2 Å². The van der Waals surface area contributed by atoms with Crippen LogP contribution in [0.15, 0.2) is 30.0 Å². The van der Waals surface area contributed by atoms with Crippen molar-refractivity contribution in [3.05, 3.63) is 35.5 Å². The minimum Gasteiger partial charge on any atom is -0.493 e. The fourth-order valence-electron chi connectivity index (χ4n) is 6.71. The third kappa shape index (κ3) is 5.89. The summed E-state index contributed by atoms with van der Waals surface area (Å²) in [6.07, 6.45) is 4.11. The topological polar surface area (TPSA) is 94.6 Å². The van der Waals surface area contributed by atoms with Crippen LogP contribution in [0.3, 0.4) is 0 Å². The molecular weight excluding hydrogens is 556 g/mol. The molecule has 1 aromatic rings. The number of benzene rings is 1. The maximum atomic E-state index is 14.3. The van der Waals surface area contributed by atoms with Gasteiger partial charge in [0.25, 0.3) is 0 Å². The molecule has 230 valence electrons. The lowest BCUT2D eigenvalue weighted by Crippen LogP contribution is -2.62. The van der Waals surface area contributed by atoms with Crippen LogP contribution in [0.5, 0.6) is 11.5 Å². The molecule has 0 spiro atoms. The van der Waals surface area contributed by atoms with Gasteiger partial charge in [-0.25, -0.2) is 0 Å². The van der Waals surface area contributed by atoms with E-state index in [2.05, 4.69) is 13.8 Å². The molecule has 1 aliphatic carbocycles. The Balaban J connectivity index is 1.53. The second-order valence-corrected chi connectivity index (χ2v) is 13.4. The third-order valence-electron chi connectivity index (χ3n) is 9.16. The Morgan fingerprint density at radius 2 is 1.81 bits per heavy atom. The van der Waals surface area contributed by atoms with Gasteiger partial charge in [-0.2, -0.15) is 11.8 Å². The standard InChI is InChI=1S/C32H44N2O7S/c1-20(2)25-18-27-32(31(37)40-5,29(41-25)22-7-8-22)19-23(17-28(35)33-12-14-42-15-13-33)30(36)34(27)11-10-21-6-9-24(38-3)26(16-21)39-4/h6,9,16,18,20,22-23,25,29H,7-8,10-15,17,19H2,1-5H3/t23-,25+,29+,32+/m0/s1. The molecule has 9 nitrogen and oxygen atoms in total. The monoisotopic (exact) mass is 600 g/mol. The van der Waals surface area contributed by atoms with Crippen LogP contribution in [0.4, 0.5) is 0 Å². The fourth-order valence-corrected chi connectivity index (χ4v) is 7.61. The molecule has 2 saturated heterocycles. The maximum Gasteiger partial charge on any atom is 0.320 e. The van der Waals surface area contributed by atoms with E-state index in [1.54, 1.807) is 19.1 Å². The highest BCUT2D eigenvalue weighted by molar-refractivity contribution is 7.99. The van der Waals surface area contributed by atoms with E-state index in [0.717, 1.165) is 29.9 Å². The van der Waals surface area contributed by atoms with Gasteiger partial charge in [0.15, 0.2) is 11.5 Å². The number of piperidine rings is 1. The van der Waals surface area contributed by atoms with Crippen molar-refractivity contribution in [2.45, 2.75) is 58.2 Å². The van der Waals surface area contributed by atoms with Crippen molar-refractivity contribution in [2.75, 3.05) is 52.5 Å². The minimum absolute atomic E-state index is 0.0271. The first-order chi connectivity index (χ1) is 20.2. The summed E-state index contributed by atoms with van der Waals surface area (Å²) in [4.78, 5) is 45.4. The molecule has 42 heavy (non-hydrogen) atoms. The van der Waals surface area contributed by atoms with E-state index in [-0.39, 0.29) is 48.6 Å². The highest BCUT2D eigenvalue weighted by Gasteiger charge is 2.63. The number of ether oxygens (including phenoxy) is 4. The molecule has 1 saturated carbocycles. The Bertz CT molecular complexity index is 1210. The van der Waals surface area contributed by atoms with Gasteiger partial charge in [0.1, 0.15) is 5.41 Å². The van der Waals surface area contributed by atoms with E-state index in [9.17, 15) is 14.4 Å². The summed E-state index contributed by atoms with van der Waals surface area (Å²) in [5.41, 5.74) is 0.509. The van der Waals surface area contributed by atoms with Crippen molar-refractivity contribution >= 4 is 29.5 Å². The summed E-state index contributed by atoms with van der Waals surface area (Å²) in [7, 11) is 4.60. The Morgan fingerprint density at radius 3 is 2.43 bits per heavy atom. The van der Waals surface area contributed by atoms with E-state index in [1.807, 2.05) is 40.9 Å². The zero-order valence-corrected chi connectivity index (χ0v) is 26.2. The van der Waals surface area contributed by atoms with Crippen LogP contribution in [0.25, 0.3) is 0 Å². The van der Waals surface area contributed by atoms with Crippen molar-refractivity contribution in [3.63, 3.8) is 0 Å². The SMILES string of the molecule is COC(=O)[C@]12C[C@H](CC(=O)N3CCSCC3)C(=O)N(CCc3ccc(OC)c(OC)c3)C1=C[C@H](C(C)C)O[C@@H]2C1CC1. The molecule has 0 bridgehead atoms. The lowest BCUT2D eigenvalue weighted by Gasteiger charge is -2.53. The molecule has 4 atom stereocenters. The number of rotatable bonds is 10. The first-order valence-corrected chi connectivity index (χ1v) is 16.2. The second kappa shape index (κ2) is 12.9. The lowest BCUT2D eigenvalue weighted by atomic mass is 9.64. The van der Waals surface area contributed by atoms with Crippen molar-refractivity contribution < 1.29 is 33.3 Å². The predicted molar refractivity (Wildman–Crippen MR) is 160 cm³/mol. The summed E-state index contributed by atoms with van der Waals surface area (Å²) in [5, 5.41) is 0. The average Bonchev–Trinajstić information content (AvgIpc) is 3.85. The number of carbonyl (C=O) groups is 3. The van der Waals surface area contributed by atoms with Crippen LogP contribution in [0.1, 0.15) is 45.1 Å². The second-order valence-electron chi connectivity index (χ2n) is 12.1. The van der Waals surface area contributed by atoms with Crippen LogP contribution in [0.2, 0.25) is 0 Å². The van der Waals surface area contributed by atoms with Gasteiger partial charge in [-0.1, -0.05) is 19.9 Å². The van der Waals surface area contributed by atoms with Crippen LogP contribution in [-0.4, -0.2) is 92.3 Å². The zero-order valence-electron chi connectivity index (χ0n) is 25.4. The zero-order chi connectivity index (χ0) is 30.0. The van der Waals surface area contributed by atoms with Crippen molar-refractivity contribution in [2.24, 2.45) is 23.2 Å². The molecule has 0 aromatic heterocycles. The summed E-state index contributed by atoms with van der Waals surface area (Å²) < 4.78 is 23.1. The Morgan fingerprint density at radius 1 is 1.10 bits per heavy atom. The lowest BCUT2D eigenvalue weighted by molar-refractivity contribution is -0.182. The summed E-state index contributed by atoms with van der Waals surface area (Å²) in [6, 6.07) is 5.73. The number of hydrogen-bond donors (Lipinski definition) is 0. The Hall–Kier alpha value is -2.72. The van der Waals surface area contributed by atoms with Gasteiger partial charge >= 0.3 is 5.97 Å². The quantitative estimate of drug-likeness (QED) is 0.373. The molecule has 4 aliphatic rings. The van der Waals surface area contributed by atoms with Crippen LogP contribution in [0, 0.1) is 23.2 Å². The van der Waals surface area contributed by atoms with Crippen molar-refractivity contribution in [1.82, 2.24) is 9.80 Å². The van der Waals surface area contributed by atoms with Crippen LogP contribution < -0.4 is 9.47 Å². The summed E-state index contributed by atoms with van der Waals surface area (Å²) >= 11 is 1.84. The summed E-state index contributed by atoms with van der Waals surface area (Å²) in [5.74, 6) is 2.25. The smallest absolute Gasteiger partial charge is 0.320 e. The van der Waals surface area contributed by atoms with Crippen LogP contribution >= 0.6 is 11.8 Å². The molecule has 0 radical (unpaired) electrons. The average molecular weight is 601 g/mol. The van der Waals surface area contributed by atoms with Gasteiger partial charge in [-0.3, -0.25) is 14.4 Å². The predicted octanol–water partition coefficient (Wildman–Crippen LogP) is 3.94. The van der Waals surface area contributed by atoms with Gasteiger partial charge < -0.3 is 28.7 Å². The molecular formula is C32H44N2O7S. The highest BCUT2D eigenvalue weighted by atomic mass is 32.2. The first kappa shape index (κ1) is 30.7. The molecule has 2 amide bonds. The number of hydrogen-bond acceptors (Lipinski definition) is 8. The highest BCUT2D eigenvalue weighted by Crippen LogP contribution is 2.56. The van der Waals surface area contributed by atoms with Gasteiger partial charge in [-0.05, 0) is 61.3 Å². The minimum atomic E-state index is -1.14. The molecule has 3 fully saturated rings. The van der Waals surface area contributed by atoms with E-state index >= 15 is 0 Å². The maximum absolute atomic E-state index is 14.3. The van der Waals surface area contributed by atoms with Gasteiger partial charge in [-0.15, -0.1) is 0 Å². The number of likely N-dealkylation sites (tertiary alicyclic amines) is 1. The van der Waals surface area contributed by atoms with Gasteiger partial charge in [0.05, 0.1) is 33.5 Å². The molecule has 1 aromatic carbocycles. The Kier molecular flexibility index (Phi) is 9.42. The number of amides is 2. The van der Waals surface area contributed by atoms with Crippen molar-refractivity contribution in [1.29, 1.82) is 0 Å².